The lowest BCUT2D eigenvalue weighted by atomic mass is 9.75. The van der Waals surface area contributed by atoms with Crippen LogP contribution < -0.4 is 5.32 Å². The molecule has 0 aliphatic heterocycles. The number of rotatable bonds is 6. The second kappa shape index (κ2) is 7.70. The predicted molar refractivity (Wildman–Crippen MR) is 100.0 cm³/mol. The minimum atomic E-state index is -0.390. The molecule has 2 aromatic carbocycles. The average Bonchev–Trinajstić information content (AvgIpc) is 2.58. The number of benzene rings is 2. The van der Waals surface area contributed by atoms with E-state index in [1.165, 1.54) is 0 Å². The Morgan fingerprint density at radius 3 is 2.40 bits per heavy atom. The molecule has 0 aliphatic rings. The lowest BCUT2D eigenvalue weighted by Gasteiger charge is -2.33. The van der Waals surface area contributed by atoms with Crippen molar-refractivity contribution in [2.24, 2.45) is 5.41 Å². The zero-order valence-corrected chi connectivity index (χ0v) is 15.3. The minimum Gasteiger partial charge on any atom is -0.507 e. The van der Waals surface area contributed by atoms with Crippen LogP contribution in [0.4, 0.5) is 0 Å². The van der Waals surface area contributed by atoms with Crippen LogP contribution >= 0.6 is 0 Å². The summed E-state index contributed by atoms with van der Waals surface area (Å²) in [6.45, 7) is 8.02. The minimum absolute atomic E-state index is 0.0111. The molecule has 0 saturated heterocycles. The molecule has 1 amide bonds. The first-order chi connectivity index (χ1) is 11.8. The molecule has 1 unspecified atom stereocenters. The van der Waals surface area contributed by atoms with Crippen molar-refractivity contribution in [3.63, 3.8) is 0 Å². The van der Waals surface area contributed by atoms with Gasteiger partial charge in [-0.25, -0.2) is 0 Å². The third-order valence-electron chi connectivity index (χ3n) is 4.71. The van der Waals surface area contributed by atoms with Gasteiger partial charge in [-0.05, 0) is 42.0 Å². The van der Waals surface area contributed by atoms with E-state index in [4.69, 9.17) is 0 Å². The molecule has 0 fully saturated rings. The number of phenols is 1. The van der Waals surface area contributed by atoms with Gasteiger partial charge in [0.2, 0.25) is 0 Å². The number of aromatic hydroxyl groups is 1. The number of aliphatic hydroxyl groups is 1. The maximum Gasteiger partial charge on any atom is 0.255 e. The van der Waals surface area contributed by atoms with Gasteiger partial charge in [-0.15, -0.1) is 0 Å². The van der Waals surface area contributed by atoms with E-state index in [2.05, 4.69) is 5.32 Å². The molecule has 0 saturated carbocycles. The summed E-state index contributed by atoms with van der Waals surface area (Å²) in [4.78, 5) is 12.6. The number of hydrogen-bond acceptors (Lipinski definition) is 3. The Labute approximate surface area is 149 Å². The highest BCUT2D eigenvalue weighted by molar-refractivity contribution is 5.97. The second-order valence-electron chi connectivity index (χ2n) is 7.30. The van der Waals surface area contributed by atoms with Crippen molar-refractivity contribution in [2.75, 3.05) is 13.2 Å². The molecule has 0 aromatic heterocycles. The standard InChI is InChI=1S/C21H27NO3/c1-14-10-15(2)19(24)17(11-14)20(25)22-12-18(21(3,4)13-23)16-8-6-5-7-9-16/h5-11,18,23-24H,12-13H2,1-4H3,(H,22,25). The highest BCUT2D eigenvalue weighted by Crippen LogP contribution is 2.34. The smallest absolute Gasteiger partial charge is 0.255 e. The summed E-state index contributed by atoms with van der Waals surface area (Å²) in [6.07, 6.45) is 0. The highest BCUT2D eigenvalue weighted by atomic mass is 16.3. The maximum absolute atomic E-state index is 12.6. The zero-order valence-electron chi connectivity index (χ0n) is 15.3. The normalized spacial score (nSPS) is 12.7. The van der Waals surface area contributed by atoms with Gasteiger partial charge < -0.3 is 15.5 Å². The van der Waals surface area contributed by atoms with Crippen molar-refractivity contribution in [1.82, 2.24) is 5.32 Å². The SMILES string of the molecule is Cc1cc(C)c(O)c(C(=O)NCC(c2ccccc2)C(C)(C)CO)c1. The van der Waals surface area contributed by atoms with Crippen molar-refractivity contribution < 1.29 is 15.0 Å². The van der Waals surface area contributed by atoms with E-state index < -0.39 is 0 Å². The molecule has 4 nitrogen and oxygen atoms in total. The van der Waals surface area contributed by atoms with E-state index in [0.29, 0.717) is 12.1 Å². The number of amides is 1. The van der Waals surface area contributed by atoms with Crippen molar-refractivity contribution in [1.29, 1.82) is 0 Å². The first-order valence-corrected chi connectivity index (χ1v) is 8.50. The molecule has 0 spiro atoms. The molecule has 0 heterocycles. The molecule has 1 atom stereocenters. The van der Waals surface area contributed by atoms with Gasteiger partial charge in [0.05, 0.1) is 5.56 Å². The van der Waals surface area contributed by atoms with Gasteiger partial charge in [0.15, 0.2) is 0 Å². The van der Waals surface area contributed by atoms with Gasteiger partial charge >= 0.3 is 0 Å². The monoisotopic (exact) mass is 341 g/mol. The summed E-state index contributed by atoms with van der Waals surface area (Å²) in [6, 6.07) is 13.4. The Hall–Kier alpha value is -2.33. The fraction of sp³-hybridized carbons (Fsp3) is 0.381. The Morgan fingerprint density at radius 2 is 1.80 bits per heavy atom. The Balaban J connectivity index is 2.23. The summed E-state index contributed by atoms with van der Waals surface area (Å²) in [5.74, 6) is -0.338. The first-order valence-electron chi connectivity index (χ1n) is 8.50. The van der Waals surface area contributed by atoms with Crippen LogP contribution in [-0.4, -0.2) is 29.3 Å². The summed E-state index contributed by atoms with van der Waals surface area (Å²) in [5.41, 5.74) is 2.56. The van der Waals surface area contributed by atoms with Crippen LogP contribution in [0.15, 0.2) is 42.5 Å². The number of carbonyl (C=O) groups is 1. The molecule has 2 rings (SSSR count). The Bertz CT molecular complexity index is 738. The van der Waals surface area contributed by atoms with E-state index >= 15 is 0 Å². The Morgan fingerprint density at radius 1 is 1.16 bits per heavy atom. The number of hydrogen-bond donors (Lipinski definition) is 3. The van der Waals surface area contributed by atoms with Crippen LogP contribution in [0.1, 0.15) is 46.8 Å². The second-order valence-corrected chi connectivity index (χ2v) is 7.30. The molecule has 25 heavy (non-hydrogen) atoms. The lowest BCUT2D eigenvalue weighted by Crippen LogP contribution is -2.37. The Kier molecular flexibility index (Phi) is 5.85. The fourth-order valence-corrected chi connectivity index (χ4v) is 3.06. The summed E-state index contributed by atoms with van der Waals surface area (Å²) in [5, 5.41) is 22.9. The molecule has 3 N–H and O–H groups in total. The van der Waals surface area contributed by atoms with E-state index in [9.17, 15) is 15.0 Å². The van der Waals surface area contributed by atoms with Crippen molar-refractivity contribution >= 4 is 5.91 Å². The first kappa shape index (κ1) is 19.0. The van der Waals surface area contributed by atoms with Crippen LogP contribution in [-0.2, 0) is 0 Å². The maximum atomic E-state index is 12.6. The van der Waals surface area contributed by atoms with Crippen molar-refractivity contribution in [2.45, 2.75) is 33.6 Å². The van der Waals surface area contributed by atoms with Gasteiger partial charge in [-0.2, -0.15) is 0 Å². The largest absolute Gasteiger partial charge is 0.507 e. The van der Waals surface area contributed by atoms with E-state index in [1.54, 1.807) is 13.0 Å². The lowest BCUT2D eigenvalue weighted by molar-refractivity contribution is 0.0917. The van der Waals surface area contributed by atoms with Crippen molar-refractivity contribution in [3.8, 4) is 5.75 Å². The van der Waals surface area contributed by atoms with E-state index in [-0.39, 0.29) is 35.2 Å². The van der Waals surface area contributed by atoms with Crippen LogP contribution in [0, 0.1) is 19.3 Å². The summed E-state index contributed by atoms with van der Waals surface area (Å²) < 4.78 is 0. The molecular formula is C21H27NO3. The van der Waals surface area contributed by atoms with Gasteiger partial charge in [0, 0.05) is 19.1 Å². The quantitative estimate of drug-likeness (QED) is 0.753. The number of aliphatic hydroxyl groups excluding tert-OH is 1. The van der Waals surface area contributed by atoms with Crippen LogP contribution in [0.5, 0.6) is 5.75 Å². The molecule has 4 heteroatoms. The third-order valence-corrected chi connectivity index (χ3v) is 4.71. The summed E-state index contributed by atoms with van der Waals surface area (Å²) in [7, 11) is 0. The van der Waals surface area contributed by atoms with Crippen molar-refractivity contribution in [3.05, 3.63) is 64.7 Å². The molecule has 0 radical (unpaired) electrons. The molecular weight excluding hydrogens is 314 g/mol. The topological polar surface area (TPSA) is 69.6 Å². The zero-order chi connectivity index (χ0) is 18.6. The number of phenolic OH excluding ortho intramolecular Hbond substituents is 1. The highest BCUT2D eigenvalue weighted by Gasteiger charge is 2.30. The van der Waals surface area contributed by atoms with Gasteiger partial charge in [-0.1, -0.05) is 50.2 Å². The number of aryl methyl sites for hydroxylation is 2. The van der Waals surface area contributed by atoms with Gasteiger partial charge in [-0.3, -0.25) is 4.79 Å². The van der Waals surface area contributed by atoms with E-state index in [0.717, 1.165) is 11.1 Å². The number of carbonyl (C=O) groups excluding carboxylic acids is 1. The van der Waals surface area contributed by atoms with Gasteiger partial charge in [0.25, 0.3) is 5.91 Å². The molecule has 0 bridgehead atoms. The van der Waals surface area contributed by atoms with E-state index in [1.807, 2.05) is 57.2 Å². The molecule has 134 valence electrons. The van der Waals surface area contributed by atoms with Crippen LogP contribution in [0.3, 0.4) is 0 Å². The van der Waals surface area contributed by atoms with Crippen LogP contribution in [0.25, 0.3) is 0 Å². The average molecular weight is 341 g/mol. The van der Waals surface area contributed by atoms with Gasteiger partial charge in [0.1, 0.15) is 5.75 Å². The predicted octanol–water partition coefficient (Wildman–Crippen LogP) is 3.54. The molecule has 2 aromatic rings. The number of nitrogens with one attached hydrogen (secondary N) is 1. The third kappa shape index (κ3) is 4.40. The fourth-order valence-electron chi connectivity index (χ4n) is 3.06. The molecule has 0 aliphatic carbocycles. The van der Waals surface area contributed by atoms with Crippen LogP contribution in [0.2, 0.25) is 0 Å². The summed E-state index contributed by atoms with van der Waals surface area (Å²) >= 11 is 0.